The highest BCUT2D eigenvalue weighted by Gasteiger charge is 2.54. The van der Waals surface area contributed by atoms with Crippen LogP contribution in [0, 0.1) is 5.41 Å². The van der Waals surface area contributed by atoms with Crippen LogP contribution < -0.4 is 0 Å². The van der Waals surface area contributed by atoms with Crippen molar-refractivity contribution in [3.63, 3.8) is 0 Å². The number of benzene rings is 1. The van der Waals surface area contributed by atoms with Crippen LogP contribution in [0.2, 0.25) is 0 Å². The van der Waals surface area contributed by atoms with Crippen molar-refractivity contribution in [1.82, 2.24) is 0 Å². The first-order valence-corrected chi connectivity index (χ1v) is 8.65. The Balaban J connectivity index is 1.44. The summed E-state index contributed by atoms with van der Waals surface area (Å²) in [4.78, 5) is 0. The molecule has 2 atom stereocenters. The van der Waals surface area contributed by atoms with Gasteiger partial charge in [-0.15, -0.1) is 0 Å². The van der Waals surface area contributed by atoms with Crippen LogP contribution in [0.4, 0.5) is 0 Å². The Labute approximate surface area is 128 Å². The summed E-state index contributed by atoms with van der Waals surface area (Å²) in [5, 5.41) is 10.3. The van der Waals surface area contributed by atoms with E-state index in [0.717, 1.165) is 38.7 Å². The van der Waals surface area contributed by atoms with Gasteiger partial charge < -0.3 is 9.84 Å². The van der Waals surface area contributed by atoms with Gasteiger partial charge in [0.1, 0.15) is 0 Å². The molecule has 0 amide bonds. The van der Waals surface area contributed by atoms with E-state index in [4.69, 9.17) is 4.74 Å². The highest BCUT2D eigenvalue weighted by Crippen LogP contribution is 2.52. The molecule has 3 rings (SSSR count). The van der Waals surface area contributed by atoms with Crippen molar-refractivity contribution < 1.29 is 9.84 Å². The first-order valence-electron chi connectivity index (χ1n) is 8.65. The van der Waals surface area contributed by atoms with Gasteiger partial charge in [-0.3, -0.25) is 0 Å². The summed E-state index contributed by atoms with van der Waals surface area (Å²) in [6.45, 7) is 0.827. The first kappa shape index (κ1) is 15.1. The molecule has 0 aromatic heterocycles. The molecule has 2 heteroatoms. The molecule has 21 heavy (non-hydrogen) atoms. The molecule has 2 unspecified atom stereocenters. The van der Waals surface area contributed by atoms with E-state index < -0.39 is 0 Å². The van der Waals surface area contributed by atoms with Gasteiger partial charge >= 0.3 is 0 Å². The average Bonchev–Trinajstić information content (AvgIpc) is 2.79. The van der Waals surface area contributed by atoms with Crippen LogP contribution in [0.3, 0.4) is 0 Å². The lowest BCUT2D eigenvalue weighted by Gasteiger charge is -2.53. The van der Waals surface area contributed by atoms with Gasteiger partial charge in [0.15, 0.2) is 0 Å². The zero-order valence-electron chi connectivity index (χ0n) is 13.0. The van der Waals surface area contributed by atoms with E-state index in [0.29, 0.717) is 6.10 Å². The summed E-state index contributed by atoms with van der Waals surface area (Å²) in [5.41, 5.74) is 1.49. The van der Waals surface area contributed by atoms with Crippen molar-refractivity contribution in [2.24, 2.45) is 5.41 Å². The van der Waals surface area contributed by atoms with Crippen LogP contribution in [-0.4, -0.2) is 23.9 Å². The molecule has 0 aliphatic heterocycles. The second kappa shape index (κ2) is 6.93. The van der Waals surface area contributed by atoms with Crippen LogP contribution in [0.25, 0.3) is 0 Å². The predicted molar refractivity (Wildman–Crippen MR) is 85.3 cm³/mol. The number of aliphatic hydroxyl groups is 1. The minimum atomic E-state index is -0.116. The van der Waals surface area contributed by atoms with E-state index in [9.17, 15) is 5.11 Å². The Bertz CT molecular complexity index is 420. The summed E-state index contributed by atoms with van der Waals surface area (Å²) in [7, 11) is 0. The van der Waals surface area contributed by atoms with E-state index in [2.05, 4.69) is 30.3 Å². The molecule has 0 heterocycles. The van der Waals surface area contributed by atoms with E-state index >= 15 is 0 Å². The van der Waals surface area contributed by atoms with Gasteiger partial charge in [-0.25, -0.2) is 0 Å². The van der Waals surface area contributed by atoms with Gasteiger partial charge in [-0.2, -0.15) is 0 Å². The molecule has 2 saturated carbocycles. The minimum Gasteiger partial charge on any atom is -0.392 e. The summed E-state index contributed by atoms with van der Waals surface area (Å²) in [5.74, 6) is 0. The molecule has 2 nitrogen and oxygen atoms in total. The van der Waals surface area contributed by atoms with Crippen LogP contribution in [0.5, 0.6) is 0 Å². The van der Waals surface area contributed by atoms with Gasteiger partial charge in [0.25, 0.3) is 0 Å². The normalized spacial score (nSPS) is 28.0. The third kappa shape index (κ3) is 3.32. The van der Waals surface area contributed by atoms with Gasteiger partial charge in [0, 0.05) is 18.4 Å². The smallest absolute Gasteiger partial charge is 0.0680 e. The van der Waals surface area contributed by atoms with Crippen LogP contribution >= 0.6 is 0 Å². The molecule has 0 saturated heterocycles. The third-order valence-corrected chi connectivity index (χ3v) is 5.55. The Morgan fingerprint density at radius 1 is 1.05 bits per heavy atom. The van der Waals surface area contributed by atoms with Gasteiger partial charge in [-0.1, -0.05) is 56.0 Å². The number of aliphatic hydroxyl groups excluding tert-OH is 1. The highest BCUT2D eigenvalue weighted by atomic mass is 16.5. The first-order chi connectivity index (χ1) is 10.3. The van der Waals surface area contributed by atoms with Crippen LogP contribution in [-0.2, 0) is 11.2 Å². The predicted octanol–water partition coefficient (Wildman–Crippen LogP) is 4.11. The molecular weight excluding hydrogens is 260 g/mol. The van der Waals surface area contributed by atoms with Crippen molar-refractivity contribution in [2.75, 3.05) is 6.61 Å². The fraction of sp³-hybridized carbons (Fsp3) is 0.684. The Hall–Kier alpha value is -0.860. The maximum Gasteiger partial charge on any atom is 0.0680 e. The Kier molecular flexibility index (Phi) is 4.97. The van der Waals surface area contributed by atoms with Gasteiger partial charge in [-0.05, 0) is 31.2 Å². The van der Waals surface area contributed by atoms with E-state index in [-0.39, 0.29) is 11.5 Å². The molecule has 2 fully saturated rings. The zero-order chi connectivity index (χ0) is 14.5. The van der Waals surface area contributed by atoms with Crippen molar-refractivity contribution in [3.8, 4) is 0 Å². The Morgan fingerprint density at radius 3 is 2.43 bits per heavy atom. The summed E-state index contributed by atoms with van der Waals surface area (Å²) >= 11 is 0. The lowest BCUT2D eigenvalue weighted by molar-refractivity contribution is -0.199. The molecule has 116 valence electrons. The number of hydrogen-bond donors (Lipinski definition) is 1. The van der Waals surface area contributed by atoms with Crippen LogP contribution in [0.1, 0.15) is 56.9 Å². The molecule has 2 aliphatic rings. The van der Waals surface area contributed by atoms with E-state index in [1.165, 1.54) is 31.2 Å². The third-order valence-electron chi connectivity index (χ3n) is 5.55. The van der Waals surface area contributed by atoms with Gasteiger partial charge in [0.2, 0.25) is 0 Å². The zero-order valence-corrected chi connectivity index (χ0v) is 13.0. The second-order valence-electron chi connectivity index (χ2n) is 6.85. The number of ether oxygens (including phenoxy) is 1. The van der Waals surface area contributed by atoms with Crippen LogP contribution in [0.15, 0.2) is 30.3 Å². The fourth-order valence-electron chi connectivity index (χ4n) is 4.15. The quantitative estimate of drug-likeness (QED) is 0.826. The lowest BCUT2D eigenvalue weighted by Crippen LogP contribution is -2.58. The molecule has 1 spiro atoms. The molecular formula is C19H28O2. The van der Waals surface area contributed by atoms with Crippen molar-refractivity contribution >= 4 is 0 Å². The summed E-state index contributed by atoms with van der Waals surface area (Å²) in [6, 6.07) is 10.6. The molecule has 1 N–H and O–H groups in total. The van der Waals surface area contributed by atoms with E-state index in [1.54, 1.807) is 0 Å². The summed E-state index contributed by atoms with van der Waals surface area (Å²) in [6.07, 6.45) is 10.7. The lowest BCUT2D eigenvalue weighted by atomic mass is 9.59. The van der Waals surface area contributed by atoms with Gasteiger partial charge in [0.05, 0.1) is 12.2 Å². The average molecular weight is 288 g/mol. The number of aryl methyl sites for hydroxylation is 1. The second-order valence-corrected chi connectivity index (χ2v) is 6.85. The van der Waals surface area contributed by atoms with Crippen molar-refractivity contribution in [3.05, 3.63) is 35.9 Å². The number of rotatable bonds is 5. The largest absolute Gasteiger partial charge is 0.392 e. The maximum absolute atomic E-state index is 10.3. The van der Waals surface area contributed by atoms with E-state index in [1.807, 2.05) is 0 Å². The Morgan fingerprint density at radius 2 is 1.76 bits per heavy atom. The fourth-order valence-corrected chi connectivity index (χ4v) is 4.15. The SMILES string of the molecule is OC1CC(OCCCc2ccccc2)C12CCCCCC2. The van der Waals surface area contributed by atoms with Crippen molar-refractivity contribution in [1.29, 1.82) is 0 Å². The standard InChI is InChI=1S/C19H28O2/c20-17-15-18(19(17)12-6-1-2-7-13-19)21-14-8-11-16-9-4-3-5-10-16/h3-5,9-10,17-18,20H,1-2,6-8,11-15H2. The molecule has 1 aromatic carbocycles. The monoisotopic (exact) mass is 288 g/mol. The topological polar surface area (TPSA) is 29.5 Å². The summed E-state index contributed by atoms with van der Waals surface area (Å²) < 4.78 is 6.16. The highest BCUT2D eigenvalue weighted by molar-refractivity contribution is 5.14. The van der Waals surface area contributed by atoms with Crippen molar-refractivity contribution in [2.45, 2.75) is 70.0 Å². The molecule has 0 radical (unpaired) electrons. The molecule has 0 bridgehead atoms. The minimum absolute atomic E-state index is 0.100. The number of hydrogen-bond acceptors (Lipinski definition) is 2. The maximum atomic E-state index is 10.3. The molecule has 1 aromatic rings. The molecule has 2 aliphatic carbocycles.